The molecule has 0 spiro atoms. The Morgan fingerprint density at radius 2 is 0.491 bits per heavy atom. The first-order chi connectivity index (χ1) is 26.6. The van der Waals surface area contributed by atoms with E-state index in [1.54, 1.807) is 7.11 Å². The third-order valence-electron chi connectivity index (χ3n) is 7.06. The van der Waals surface area contributed by atoms with Crippen molar-refractivity contribution in [1.82, 2.24) is 0 Å². The maximum Gasteiger partial charge on any atom is 0.0781 e. The first kappa shape index (κ1) is 56.4. The molecule has 0 rings (SSSR count). The largest absolute Gasteiger partial charge is 0.394 e. The summed E-state index contributed by atoms with van der Waals surface area (Å²) in [6, 6.07) is 0. The van der Waals surface area contributed by atoms with Crippen LogP contribution in [0.3, 0.4) is 0 Å². The highest BCUT2D eigenvalue weighted by Crippen LogP contribution is 2.04. The van der Waals surface area contributed by atoms with Crippen LogP contribution in [0.1, 0.15) is 48.5 Å². The molecule has 0 radical (unpaired) electrons. The van der Waals surface area contributed by atoms with Crippen LogP contribution in [0.15, 0.2) is 0 Å². The molecule has 55 heavy (non-hydrogen) atoms. The lowest BCUT2D eigenvalue weighted by molar-refractivity contribution is -0.105. The highest BCUT2D eigenvalue weighted by molar-refractivity contribution is 4.59. The molecule has 0 fully saturated rings. The van der Waals surface area contributed by atoms with Gasteiger partial charge in [-0.3, -0.25) is 0 Å². The van der Waals surface area contributed by atoms with Crippen LogP contribution in [0.2, 0.25) is 0 Å². The van der Waals surface area contributed by atoms with Gasteiger partial charge in [0, 0.05) is 7.11 Å². The molecule has 0 aliphatic heterocycles. The van der Waals surface area contributed by atoms with Gasteiger partial charge in [0.2, 0.25) is 0 Å². The molecular weight excluding hydrogens is 728 g/mol. The molecule has 0 saturated heterocycles. The SMILES string of the molecule is COC(C)COC(C)COC(C)COC(C)COC(C)COC(C)COC(C)CO.OCCOCCOCCOCCOCCOCCOCCOCCO. The molecule has 7 atom stereocenters. The highest BCUT2D eigenvalue weighted by Gasteiger charge is 2.14. The minimum absolute atomic E-state index is 0.00583. The number of aliphatic hydroxyl groups excluding tert-OH is 3. The Kier molecular flexibility index (Phi) is 45.6. The summed E-state index contributed by atoms with van der Waals surface area (Å²) < 4.78 is 76.1. The lowest BCUT2D eigenvalue weighted by Crippen LogP contribution is -2.30. The van der Waals surface area contributed by atoms with Crippen LogP contribution >= 0.6 is 0 Å². The smallest absolute Gasteiger partial charge is 0.0781 e. The lowest BCUT2D eigenvalue weighted by Gasteiger charge is -2.22. The Bertz CT molecular complexity index is 673. The van der Waals surface area contributed by atoms with E-state index < -0.39 is 0 Å². The molecule has 0 aliphatic carbocycles. The van der Waals surface area contributed by atoms with Crippen molar-refractivity contribution < 1.29 is 81.6 Å². The lowest BCUT2D eigenvalue weighted by atomic mass is 10.3. The zero-order valence-electron chi connectivity index (χ0n) is 35.4. The average Bonchev–Trinajstić information content (AvgIpc) is 3.19. The summed E-state index contributed by atoms with van der Waals surface area (Å²) in [5.41, 5.74) is 0. The Morgan fingerprint density at radius 3 is 0.691 bits per heavy atom. The molecule has 0 aromatic heterocycles. The van der Waals surface area contributed by atoms with E-state index in [9.17, 15) is 0 Å². The maximum absolute atomic E-state index is 8.95. The van der Waals surface area contributed by atoms with Crippen molar-refractivity contribution in [1.29, 1.82) is 0 Å². The molecule has 3 N–H and O–H groups in total. The van der Waals surface area contributed by atoms with Gasteiger partial charge in [0.05, 0.1) is 195 Å². The van der Waals surface area contributed by atoms with Crippen LogP contribution in [0.25, 0.3) is 0 Å². The molecule has 0 aromatic carbocycles. The van der Waals surface area contributed by atoms with E-state index in [-0.39, 0.29) is 62.5 Å². The van der Waals surface area contributed by atoms with Gasteiger partial charge in [0.15, 0.2) is 0 Å². The summed E-state index contributed by atoms with van der Waals surface area (Å²) in [7, 11) is 1.67. The number of aliphatic hydroxyl groups is 3. The van der Waals surface area contributed by atoms with Crippen LogP contribution in [0.4, 0.5) is 0 Å². The molecule has 0 saturated carbocycles. The van der Waals surface area contributed by atoms with Gasteiger partial charge >= 0.3 is 0 Å². The molecule has 0 aliphatic rings. The maximum atomic E-state index is 8.95. The molecule has 0 bridgehead atoms. The van der Waals surface area contributed by atoms with Crippen molar-refractivity contribution in [2.24, 2.45) is 0 Å². The van der Waals surface area contributed by atoms with Crippen molar-refractivity contribution >= 4 is 0 Å². The number of rotatable bonds is 42. The van der Waals surface area contributed by atoms with E-state index in [1.807, 2.05) is 48.5 Å². The number of ether oxygens (including phenoxy) is 14. The van der Waals surface area contributed by atoms with E-state index in [4.69, 9.17) is 81.6 Å². The van der Waals surface area contributed by atoms with E-state index in [2.05, 4.69) is 0 Å². The fraction of sp³-hybridized carbons (Fsp3) is 1.00. The van der Waals surface area contributed by atoms with Gasteiger partial charge in [-0.2, -0.15) is 0 Å². The quantitative estimate of drug-likeness (QED) is 0.0753. The van der Waals surface area contributed by atoms with Crippen molar-refractivity contribution in [3.63, 3.8) is 0 Å². The fourth-order valence-electron chi connectivity index (χ4n) is 3.71. The third kappa shape index (κ3) is 45.9. The van der Waals surface area contributed by atoms with E-state index >= 15 is 0 Å². The van der Waals surface area contributed by atoms with Gasteiger partial charge in [-0.05, 0) is 48.5 Å². The standard InChI is InChI=1S/C22H46O8.C16H34O9/c1-16(9-23)25-11-18(3)27-13-20(5)29-15-22(7)30-14-21(6)28-12-19(4)26-10-17(2)24-8;17-1-3-19-5-7-21-9-11-23-13-15-25-16-14-24-12-10-22-8-6-20-4-2-18/h16-23H,9-15H2,1-8H3;17-18H,1-16H2. The minimum Gasteiger partial charge on any atom is -0.394 e. The van der Waals surface area contributed by atoms with Crippen LogP contribution < -0.4 is 0 Å². The first-order valence-electron chi connectivity index (χ1n) is 19.7. The predicted octanol–water partition coefficient (Wildman–Crippen LogP) is 1.53. The van der Waals surface area contributed by atoms with Crippen LogP contribution in [-0.2, 0) is 66.3 Å². The Labute approximate surface area is 331 Å². The summed E-state index contributed by atoms with van der Waals surface area (Å²) in [6.07, 6.45) is -0.262. The summed E-state index contributed by atoms with van der Waals surface area (Å²) in [5.74, 6) is 0. The van der Waals surface area contributed by atoms with Gasteiger partial charge in [0.25, 0.3) is 0 Å². The molecule has 0 aromatic rings. The molecule has 7 unspecified atom stereocenters. The minimum atomic E-state index is -0.177. The van der Waals surface area contributed by atoms with E-state index in [0.29, 0.717) is 132 Å². The molecular formula is C38H80O17. The average molecular weight is 809 g/mol. The summed E-state index contributed by atoms with van der Waals surface area (Å²) in [5, 5.41) is 26.0. The monoisotopic (exact) mass is 809 g/mol. The van der Waals surface area contributed by atoms with Gasteiger partial charge < -0.3 is 81.6 Å². The second-order valence-electron chi connectivity index (χ2n) is 12.8. The van der Waals surface area contributed by atoms with Gasteiger partial charge in [0.1, 0.15) is 0 Å². The highest BCUT2D eigenvalue weighted by atomic mass is 16.6. The number of methoxy groups -OCH3 is 1. The van der Waals surface area contributed by atoms with Gasteiger partial charge in [-0.1, -0.05) is 0 Å². The second kappa shape index (κ2) is 44.4. The predicted molar refractivity (Wildman–Crippen MR) is 206 cm³/mol. The third-order valence-corrected chi connectivity index (χ3v) is 7.06. The second-order valence-corrected chi connectivity index (χ2v) is 12.8. The van der Waals surface area contributed by atoms with Crippen LogP contribution in [0.5, 0.6) is 0 Å². The number of hydrogen-bond donors (Lipinski definition) is 3. The Morgan fingerprint density at radius 1 is 0.291 bits per heavy atom. The van der Waals surface area contributed by atoms with Crippen molar-refractivity contribution in [3.05, 3.63) is 0 Å². The van der Waals surface area contributed by atoms with Crippen LogP contribution in [0, 0.1) is 0 Å². The Balaban J connectivity index is 0. The Hall–Kier alpha value is -0.680. The molecule has 334 valence electrons. The van der Waals surface area contributed by atoms with Crippen molar-refractivity contribution in [3.8, 4) is 0 Å². The molecule has 0 amide bonds. The van der Waals surface area contributed by atoms with Crippen molar-refractivity contribution in [2.45, 2.75) is 91.2 Å². The molecule has 17 nitrogen and oxygen atoms in total. The first-order valence-corrected chi connectivity index (χ1v) is 19.7. The van der Waals surface area contributed by atoms with E-state index in [0.717, 1.165) is 0 Å². The summed E-state index contributed by atoms with van der Waals surface area (Å²) in [4.78, 5) is 0. The molecule has 0 heterocycles. The zero-order valence-corrected chi connectivity index (χ0v) is 35.4. The fourth-order valence-corrected chi connectivity index (χ4v) is 3.71. The van der Waals surface area contributed by atoms with E-state index in [1.165, 1.54) is 0 Å². The van der Waals surface area contributed by atoms with Gasteiger partial charge in [-0.25, -0.2) is 0 Å². The van der Waals surface area contributed by atoms with Crippen LogP contribution in [-0.4, -0.2) is 217 Å². The van der Waals surface area contributed by atoms with Gasteiger partial charge in [-0.15, -0.1) is 0 Å². The topological polar surface area (TPSA) is 190 Å². The zero-order chi connectivity index (χ0) is 41.2. The normalized spacial score (nSPS) is 15.5. The molecule has 17 heteroatoms. The summed E-state index contributed by atoms with van der Waals surface area (Å²) >= 11 is 0. The summed E-state index contributed by atoms with van der Waals surface area (Å²) in [6.45, 7) is 23.4. The van der Waals surface area contributed by atoms with Crippen molar-refractivity contribution in [2.75, 3.05) is 159 Å². The number of hydrogen-bond acceptors (Lipinski definition) is 17.